The van der Waals surface area contributed by atoms with Gasteiger partial charge in [-0.3, -0.25) is 19.3 Å². The van der Waals surface area contributed by atoms with E-state index >= 15 is 0 Å². The summed E-state index contributed by atoms with van der Waals surface area (Å²) in [5, 5.41) is 0.631. The lowest BCUT2D eigenvalue weighted by Crippen LogP contribution is -2.45. The molecule has 3 aromatic rings. The smallest absolute Gasteiger partial charge is 0.294 e. The van der Waals surface area contributed by atoms with Crippen molar-refractivity contribution in [1.29, 1.82) is 0 Å². The fraction of sp³-hybridized carbons (Fsp3) is 0.296. The number of hydrogen-bond donors (Lipinski definition) is 0. The highest BCUT2D eigenvalue weighted by Gasteiger charge is 2.37. The zero-order valence-electron chi connectivity index (χ0n) is 19.1. The predicted octanol–water partition coefficient (Wildman–Crippen LogP) is 4.98. The van der Waals surface area contributed by atoms with Crippen LogP contribution in [0.1, 0.15) is 30.9 Å². The molecule has 1 aromatic heterocycles. The molecule has 0 saturated carbocycles. The second kappa shape index (κ2) is 9.50. The SMILES string of the molecule is CC1CCN(C(=O)CN2C(=O)S/C(=C\c3cn(Cc4ccccc4)c4ccccc34)C2=O)CC1. The summed E-state index contributed by atoms with van der Waals surface area (Å²) >= 11 is 0.906. The molecule has 174 valence electrons. The van der Waals surface area contributed by atoms with Gasteiger partial charge < -0.3 is 9.47 Å². The fourth-order valence-electron chi connectivity index (χ4n) is 4.57. The second-order valence-corrected chi connectivity index (χ2v) is 10.0. The van der Waals surface area contributed by atoms with Crippen LogP contribution in [0.3, 0.4) is 0 Å². The van der Waals surface area contributed by atoms with Crippen molar-refractivity contribution >= 4 is 45.8 Å². The number of carbonyl (C=O) groups excluding carboxylic acids is 3. The number of carbonyl (C=O) groups is 3. The molecular formula is C27H27N3O3S. The highest BCUT2D eigenvalue weighted by Crippen LogP contribution is 2.34. The molecule has 2 fully saturated rings. The first kappa shape index (κ1) is 22.5. The van der Waals surface area contributed by atoms with Gasteiger partial charge in [-0.25, -0.2) is 0 Å². The van der Waals surface area contributed by atoms with Gasteiger partial charge in [0.05, 0.1) is 4.91 Å². The second-order valence-electron chi connectivity index (χ2n) is 9.05. The first-order valence-corrected chi connectivity index (χ1v) is 12.5. The van der Waals surface area contributed by atoms with Crippen molar-refractivity contribution in [3.8, 4) is 0 Å². The summed E-state index contributed by atoms with van der Waals surface area (Å²) in [5.74, 6) is 0.0525. The maximum Gasteiger partial charge on any atom is 0.294 e. The molecule has 0 atom stereocenters. The van der Waals surface area contributed by atoms with E-state index in [0.717, 1.165) is 46.0 Å². The van der Waals surface area contributed by atoms with Crippen molar-refractivity contribution in [3.63, 3.8) is 0 Å². The van der Waals surface area contributed by atoms with Gasteiger partial charge in [0.1, 0.15) is 6.54 Å². The zero-order chi connectivity index (χ0) is 23.7. The van der Waals surface area contributed by atoms with Crippen LogP contribution in [-0.2, 0) is 16.1 Å². The van der Waals surface area contributed by atoms with Crippen LogP contribution < -0.4 is 0 Å². The van der Waals surface area contributed by atoms with Crippen LogP contribution in [0.2, 0.25) is 0 Å². The Labute approximate surface area is 203 Å². The van der Waals surface area contributed by atoms with E-state index in [1.54, 1.807) is 11.0 Å². The lowest BCUT2D eigenvalue weighted by molar-refractivity contribution is -0.136. The summed E-state index contributed by atoms with van der Waals surface area (Å²) in [7, 11) is 0. The number of thioether (sulfide) groups is 1. The largest absolute Gasteiger partial charge is 0.342 e. The van der Waals surface area contributed by atoms with Crippen LogP contribution in [0, 0.1) is 5.92 Å². The topological polar surface area (TPSA) is 62.6 Å². The Kier molecular flexibility index (Phi) is 6.28. The Morgan fingerprint density at radius 2 is 1.74 bits per heavy atom. The molecule has 3 amide bonds. The molecule has 6 nitrogen and oxygen atoms in total. The van der Waals surface area contributed by atoms with Gasteiger partial charge in [-0.1, -0.05) is 55.5 Å². The zero-order valence-corrected chi connectivity index (χ0v) is 20.0. The first-order valence-electron chi connectivity index (χ1n) is 11.6. The molecule has 0 aliphatic carbocycles. The van der Waals surface area contributed by atoms with E-state index in [4.69, 9.17) is 0 Å². The van der Waals surface area contributed by atoms with Crippen molar-refractivity contribution < 1.29 is 14.4 Å². The van der Waals surface area contributed by atoms with Crippen molar-refractivity contribution in [2.24, 2.45) is 5.92 Å². The van der Waals surface area contributed by atoms with E-state index in [9.17, 15) is 14.4 Å². The summed E-state index contributed by atoms with van der Waals surface area (Å²) in [6.07, 6.45) is 5.72. The molecule has 34 heavy (non-hydrogen) atoms. The predicted molar refractivity (Wildman–Crippen MR) is 135 cm³/mol. The number of fused-ring (bicyclic) bond motifs is 1. The van der Waals surface area contributed by atoms with Crippen LogP contribution in [0.15, 0.2) is 65.7 Å². The third-order valence-electron chi connectivity index (χ3n) is 6.61. The molecule has 0 spiro atoms. The molecule has 0 N–H and O–H groups in total. The summed E-state index contributed by atoms with van der Waals surface area (Å²) in [5.41, 5.74) is 3.13. The normalized spacial score (nSPS) is 18.4. The van der Waals surface area contributed by atoms with Gasteiger partial charge in [-0.2, -0.15) is 0 Å². The van der Waals surface area contributed by atoms with E-state index in [-0.39, 0.29) is 17.7 Å². The molecule has 5 rings (SSSR count). The maximum atomic E-state index is 13.1. The average Bonchev–Trinajstić information content (AvgIpc) is 3.32. The monoisotopic (exact) mass is 473 g/mol. The molecule has 2 saturated heterocycles. The molecule has 2 aliphatic rings. The number of aromatic nitrogens is 1. The number of likely N-dealkylation sites (tertiary alicyclic amines) is 1. The number of imide groups is 1. The van der Waals surface area contributed by atoms with E-state index in [1.165, 1.54) is 5.56 Å². The summed E-state index contributed by atoms with van der Waals surface area (Å²) in [6, 6.07) is 18.2. The van der Waals surface area contributed by atoms with Crippen LogP contribution in [0.25, 0.3) is 17.0 Å². The number of para-hydroxylation sites is 1. The molecule has 0 radical (unpaired) electrons. The molecule has 0 bridgehead atoms. The Morgan fingerprint density at radius 3 is 2.50 bits per heavy atom. The van der Waals surface area contributed by atoms with Crippen LogP contribution in [0.5, 0.6) is 0 Å². The van der Waals surface area contributed by atoms with Crippen molar-refractivity contribution in [2.75, 3.05) is 19.6 Å². The summed E-state index contributed by atoms with van der Waals surface area (Å²) < 4.78 is 2.15. The van der Waals surface area contributed by atoms with Gasteiger partial charge >= 0.3 is 0 Å². The summed E-state index contributed by atoms with van der Waals surface area (Å²) in [4.78, 5) is 41.6. The fourth-order valence-corrected chi connectivity index (χ4v) is 5.40. The third-order valence-corrected chi connectivity index (χ3v) is 7.51. The first-order chi connectivity index (χ1) is 16.5. The van der Waals surface area contributed by atoms with Gasteiger partial charge in [-0.15, -0.1) is 0 Å². The van der Waals surface area contributed by atoms with Gasteiger partial charge in [0, 0.05) is 42.3 Å². The summed E-state index contributed by atoms with van der Waals surface area (Å²) in [6.45, 7) is 4.08. The Morgan fingerprint density at radius 1 is 1.03 bits per heavy atom. The third kappa shape index (κ3) is 4.53. The number of nitrogens with zero attached hydrogens (tertiary/aromatic N) is 3. The van der Waals surface area contributed by atoms with E-state index < -0.39 is 5.91 Å². The van der Waals surface area contributed by atoms with E-state index in [2.05, 4.69) is 29.7 Å². The van der Waals surface area contributed by atoms with Crippen LogP contribution in [-0.4, -0.2) is 51.1 Å². The number of amides is 3. The van der Waals surface area contributed by atoms with Crippen LogP contribution in [0.4, 0.5) is 4.79 Å². The minimum Gasteiger partial charge on any atom is -0.342 e. The number of benzene rings is 2. The van der Waals surface area contributed by atoms with Gasteiger partial charge in [0.15, 0.2) is 0 Å². The molecule has 7 heteroatoms. The molecule has 2 aromatic carbocycles. The van der Waals surface area contributed by atoms with Gasteiger partial charge in [0.25, 0.3) is 11.1 Å². The quantitative estimate of drug-likeness (QED) is 0.490. The minimum absolute atomic E-state index is 0.157. The van der Waals surface area contributed by atoms with Crippen molar-refractivity contribution in [2.45, 2.75) is 26.3 Å². The standard InChI is InChI=1S/C27H27N3O3S/c1-19-11-13-28(14-12-19)25(31)18-30-26(32)24(34-27(30)33)15-21-17-29(16-20-7-3-2-4-8-20)23-10-6-5-9-22(21)23/h2-10,15,17,19H,11-14,16,18H2,1H3/b24-15-. The Bertz CT molecular complexity index is 1270. The highest BCUT2D eigenvalue weighted by molar-refractivity contribution is 8.18. The number of rotatable bonds is 5. The Hall–Kier alpha value is -3.32. The number of hydrogen-bond acceptors (Lipinski definition) is 4. The molecule has 3 heterocycles. The van der Waals surface area contributed by atoms with Gasteiger partial charge in [-0.05, 0) is 48.2 Å². The Balaban J connectivity index is 1.37. The molecular weight excluding hydrogens is 446 g/mol. The van der Waals surface area contributed by atoms with E-state index in [1.807, 2.05) is 42.6 Å². The lowest BCUT2D eigenvalue weighted by atomic mass is 9.99. The van der Waals surface area contributed by atoms with Gasteiger partial charge in [0.2, 0.25) is 5.91 Å². The van der Waals surface area contributed by atoms with Crippen molar-refractivity contribution in [3.05, 3.63) is 76.8 Å². The molecule has 0 unspecified atom stereocenters. The average molecular weight is 474 g/mol. The van der Waals surface area contributed by atoms with E-state index in [0.29, 0.717) is 30.5 Å². The van der Waals surface area contributed by atoms with Crippen molar-refractivity contribution in [1.82, 2.24) is 14.4 Å². The van der Waals surface area contributed by atoms with Crippen LogP contribution >= 0.6 is 11.8 Å². The molecule has 2 aliphatic heterocycles. The highest BCUT2D eigenvalue weighted by atomic mass is 32.2. The minimum atomic E-state index is -0.395. The number of piperidine rings is 1. The lowest BCUT2D eigenvalue weighted by Gasteiger charge is -2.31. The maximum absolute atomic E-state index is 13.1.